The fourth-order valence-electron chi connectivity index (χ4n) is 3.32. The number of hydrogen-bond donors (Lipinski definition) is 4. The van der Waals surface area contributed by atoms with Crippen LogP contribution >= 0.6 is 0 Å². The first-order valence-electron chi connectivity index (χ1n) is 10.1. The molecule has 0 heterocycles. The predicted molar refractivity (Wildman–Crippen MR) is 110 cm³/mol. The summed E-state index contributed by atoms with van der Waals surface area (Å²) in [7, 11) is 0. The van der Waals surface area contributed by atoms with Crippen LogP contribution in [0.15, 0.2) is 24.3 Å². The number of rotatable bonds is 6. The van der Waals surface area contributed by atoms with Gasteiger partial charge in [0.05, 0.1) is 0 Å². The monoisotopic (exact) mass is 432 g/mol. The first-order valence-corrected chi connectivity index (χ1v) is 10.1. The number of carbonyl (C=O) groups excluding carboxylic acids is 2. The molecule has 0 aromatic heterocycles. The summed E-state index contributed by atoms with van der Waals surface area (Å²) in [5, 5.41) is 20.6. The fraction of sp³-hybridized carbons (Fsp3) is 0.478. The van der Waals surface area contributed by atoms with E-state index >= 15 is 0 Å². The largest absolute Gasteiger partial charge is 0.381 e. The third-order valence-electron chi connectivity index (χ3n) is 5.29. The molecular weight excluding hydrogens is 406 g/mol. The van der Waals surface area contributed by atoms with E-state index in [0.717, 1.165) is 6.42 Å². The topological polar surface area (TPSA) is 98.7 Å². The van der Waals surface area contributed by atoms with Crippen molar-refractivity contribution in [2.24, 2.45) is 5.92 Å². The molecule has 1 fully saturated rings. The second kappa shape index (κ2) is 11.5. The Hall–Kier alpha value is -2.94. The molecule has 2 rings (SSSR count). The lowest BCUT2D eigenvalue weighted by molar-refractivity contribution is -0.149. The van der Waals surface area contributed by atoms with Gasteiger partial charge in [-0.1, -0.05) is 31.1 Å². The van der Waals surface area contributed by atoms with E-state index in [2.05, 4.69) is 23.7 Å². The quantitative estimate of drug-likeness (QED) is 0.316. The molecule has 0 radical (unpaired) electrons. The molecule has 1 saturated carbocycles. The molecular formula is C23H26F2N2O4. The highest BCUT2D eigenvalue weighted by atomic mass is 19.3. The maximum absolute atomic E-state index is 13.1. The highest BCUT2D eigenvalue weighted by molar-refractivity contribution is 5.97. The molecule has 31 heavy (non-hydrogen) atoms. The molecule has 1 aromatic rings. The van der Waals surface area contributed by atoms with Gasteiger partial charge < -0.3 is 10.4 Å². The van der Waals surface area contributed by atoms with Crippen molar-refractivity contribution in [3.05, 3.63) is 35.4 Å². The molecule has 1 aliphatic rings. The van der Waals surface area contributed by atoms with Crippen molar-refractivity contribution in [2.45, 2.75) is 63.5 Å². The molecule has 0 saturated heterocycles. The molecule has 8 heteroatoms. The minimum Gasteiger partial charge on any atom is -0.381 e. The van der Waals surface area contributed by atoms with Crippen LogP contribution in [0.5, 0.6) is 0 Å². The Labute approximate surface area is 180 Å². The Morgan fingerprint density at radius 3 is 2.39 bits per heavy atom. The van der Waals surface area contributed by atoms with E-state index in [1.54, 1.807) is 12.1 Å². The zero-order chi connectivity index (χ0) is 22.9. The summed E-state index contributed by atoms with van der Waals surface area (Å²) < 4.78 is 26.1. The van der Waals surface area contributed by atoms with Crippen LogP contribution in [0.25, 0.3) is 0 Å². The van der Waals surface area contributed by atoms with Crippen molar-refractivity contribution in [3.63, 3.8) is 0 Å². The van der Waals surface area contributed by atoms with Gasteiger partial charge >= 0.3 is 0 Å². The number of hydrogen-bond acceptors (Lipinski definition) is 4. The van der Waals surface area contributed by atoms with Crippen molar-refractivity contribution >= 4 is 11.8 Å². The Bertz CT molecular complexity index is 886. The van der Waals surface area contributed by atoms with Crippen molar-refractivity contribution in [1.29, 1.82) is 0 Å². The van der Waals surface area contributed by atoms with E-state index in [0.29, 0.717) is 18.4 Å². The molecule has 0 spiro atoms. The minimum absolute atomic E-state index is 0.0646. The van der Waals surface area contributed by atoms with Gasteiger partial charge in [0.25, 0.3) is 18.2 Å². The average molecular weight is 432 g/mol. The van der Waals surface area contributed by atoms with Gasteiger partial charge in [-0.3, -0.25) is 14.8 Å². The molecule has 166 valence electrons. The molecule has 0 bridgehead atoms. The predicted octanol–water partition coefficient (Wildman–Crippen LogP) is 2.63. The third kappa shape index (κ3) is 7.06. The van der Waals surface area contributed by atoms with Crippen LogP contribution in [0.4, 0.5) is 8.78 Å². The lowest BCUT2D eigenvalue weighted by Gasteiger charge is -2.30. The third-order valence-corrected chi connectivity index (χ3v) is 5.29. The summed E-state index contributed by atoms with van der Waals surface area (Å²) in [4.78, 5) is 24.0. The number of benzene rings is 1. The molecule has 4 N–H and O–H groups in total. The zero-order valence-corrected chi connectivity index (χ0v) is 17.3. The second-order valence-electron chi connectivity index (χ2n) is 7.75. The van der Waals surface area contributed by atoms with Crippen molar-refractivity contribution in [3.8, 4) is 23.7 Å². The van der Waals surface area contributed by atoms with Crippen LogP contribution < -0.4 is 10.8 Å². The van der Waals surface area contributed by atoms with E-state index in [4.69, 9.17) is 5.21 Å². The second-order valence-corrected chi connectivity index (χ2v) is 7.75. The van der Waals surface area contributed by atoms with E-state index in [1.165, 1.54) is 49.7 Å². The van der Waals surface area contributed by atoms with E-state index in [1.807, 2.05) is 5.32 Å². The summed E-state index contributed by atoms with van der Waals surface area (Å²) in [6.07, 6.45) is 3.79. The van der Waals surface area contributed by atoms with Crippen LogP contribution in [0.3, 0.4) is 0 Å². The first-order chi connectivity index (χ1) is 14.8. The van der Waals surface area contributed by atoms with Gasteiger partial charge in [0.15, 0.2) is 5.60 Å². The molecule has 1 aliphatic carbocycles. The summed E-state index contributed by atoms with van der Waals surface area (Å²) in [6, 6.07) is 3.84. The Kier molecular flexibility index (Phi) is 8.99. The smallest absolute Gasteiger partial charge is 0.269 e. The summed E-state index contributed by atoms with van der Waals surface area (Å²) in [6.45, 7) is 0.686. The highest BCUT2D eigenvalue weighted by Gasteiger charge is 2.46. The van der Waals surface area contributed by atoms with E-state index in [9.17, 15) is 23.5 Å². The van der Waals surface area contributed by atoms with Gasteiger partial charge in [0.2, 0.25) is 0 Å². The maximum atomic E-state index is 13.1. The van der Waals surface area contributed by atoms with Gasteiger partial charge in [0.1, 0.15) is 6.04 Å². The normalized spacial score (nSPS) is 16.7. The van der Waals surface area contributed by atoms with Gasteiger partial charge in [0, 0.05) is 17.5 Å². The van der Waals surface area contributed by atoms with Crippen LogP contribution in [-0.2, 0) is 4.79 Å². The number of hydroxylamine groups is 1. The summed E-state index contributed by atoms with van der Waals surface area (Å²) in [5.74, 6) is 9.97. The van der Waals surface area contributed by atoms with E-state index < -0.39 is 29.9 Å². The average Bonchev–Trinajstić information content (AvgIpc) is 2.77. The number of alkyl halides is 2. The number of nitrogens with one attached hydrogen (secondary N) is 2. The lowest BCUT2D eigenvalue weighted by Crippen LogP contribution is -2.61. The number of aliphatic hydroxyl groups is 1. The molecule has 1 aromatic carbocycles. The van der Waals surface area contributed by atoms with Crippen LogP contribution in [0.1, 0.15) is 61.4 Å². The van der Waals surface area contributed by atoms with E-state index in [-0.39, 0.29) is 5.56 Å². The summed E-state index contributed by atoms with van der Waals surface area (Å²) >= 11 is 0. The molecule has 2 amide bonds. The van der Waals surface area contributed by atoms with Crippen molar-refractivity contribution in [1.82, 2.24) is 10.8 Å². The van der Waals surface area contributed by atoms with Gasteiger partial charge in [-0.2, -0.15) is 0 Å². The standard InChI is InChI=1S/C23H26F2N2O4/c1-23(30,22(24)25)19(21(29)27-31)26-20(28)18-14-12-17(13-15-18)11-7-3-6-10-16-8-4-2-5-9-16/h12-16,19,22,30-31H,2,4-5,8-10H2,1H3,(H,26,28)(H,27,29). The Balaban J connectivity index is 1.99. The van der Waals surface area contributed by atoms with Crippen molar-refractivity contribution < 1.29 is 28.7 Å². The van der Waals surface area contributed by atoms with Crippen LogP contribution in [0, 0.1) is 29.6 Å². The highest BCUT2D eigenvalue weighted by Crippen LogP contribution is 2.25. The number of amides is 2. The number of carbonyl (C=O) groups is 2. The first kappa shape index (κ1) is 24.3. The molecule has 0 aliphatic heterocycles. The number of halogens is 2. The van der Waals surface area contributed by atoms with Gasteiger partial charge in [-0.05, 0) is 61.8 Å². The molecule has 2 unspecified atom stereocenters. The van der Waals surface area contributed by atoms with Crippen LogP contribution in [-0.4, -0.2) is 40.2 Å². The Morgan fingerprint density at radius 1 is 1.16 bits per heavy atom. The SMILES string of the molecule is CC(O)(C(F)F)C(NC(=O)c1ccc(C#CC#CCC2CCCCC2)cc1)C(=O)NO. The fourth-order valence-corrected chi connectivity index (χ4v) is 3.32. The molecule has 2 atom stereocenters. The zero-order valence-electron chi connectivity index (χ0n) is 17.3. The minimum atomic E-state index is -3.34. The van der Waals surface area contributed by atoms with Crippen LogP contribution in [0.2, 0.25) is 0 Å². The lowest BCUT2D eigenvalue weighted by atomic mass is 9.87. The molecule has 6 nitrogen and oxygen atoms in total. The maximum Gasteiger partial charge on any atom is 0.269 e. The summed E-state index contributed by atoms with van der Waals surface area (Å²) in [5.41, 5.74) is -1.05. The van der Waals surface area contributed by atoms with Crippen molar-refractivity contribution in [2.75, 3.05) is 0 Å². The Morgan fingerprint density at radius 2 is 1.81 bits per heavy atom. The van der Waals surface area contributed by atoms with Gasteiger partial charge in [-0.25, -0.2) is 14.3 Å². The van der Waals surface area contributed by atoms with Gasteiger partial charge in [-0.15, -0.1) is 0 Å².